The summed E-state index contributed by atoms with van der Waals surface area (Å²) < 4.78 is 0. The second-order valence-electron chi connectivity index (χ2n) is 11.5. The Morgan fingerprint density at radius 2 is 1.72 bits per heavy atom. The lowest BCUT2D eigenvalue weighted by Gasteiger charge is -2.63. The van der Waals surface area contributed by atoms with Crippen molar-refractivity contribution in [1.29, 1.82) is 0 Å². The van der Waals surface area contributed by atoms with Gasteiger partial charge in [-0.3, -0.25) is 4.79 Å². The van der Waals surface area contributed by atoms with Gasteiger partial charge in [-0.25, -0.2) is 0 Å². The maximum absolute atomic E-state index is 11.8. The first-order chi connectivity index (χ1) is 13.5. The largest absolute Gasteiger partial charge is 0.481 e. The number of hydrogen-bond donors (Lipinski definition) is 4. The van der Waals surface area contributed by atoms with Crippen LogP contribution in [-0.4, -0.2) is 44.2 Å². The van der Waals surface area contributed by atoms with E-state index < -0.39 is 11.6 Å². The monoisotopic (exact) mass is 408 g/mol. The van der Waals surface area contributed by atoms with Crippen LogP contribution in [0, 0.1) is 40.4 Å². The summed E-state index contributed by atoms with van der Waals surface area (Å²) in [6.07, 6.45) is 7.11. The zero-order valence-electron chi connectivity index (χ0n) is 18.3. The highest BCUT2D eigenvalue weighted by atomic mass is 16.4. The predicted molar refractivity (Wildman–Crippen MR) is 110 cm³/mol. The van der Waals surface area contributed by atoms with Crippen molar-refractivity contribution in [2.24, 2.45) is 40.4 Å². The molecule has 4 aliphatic rings. The van der Waals surface area contributed by atoms with Gasteiger partial charge in [-0.05, 0) is 98.2 Å². The highest BCUT2D eigenvalue weighted by Crippen LogP contribution is 2.69. The second kappa shape index (κ2) is 7.20. The number of aliphatic hydroxyl groups excluding tert-OH is 2. The molecule has 0 heterocycles. The van der Waals surface area contributed by atoms with Crippen molar-refractivity contribution in [2.75, 3.05) is 0 Å². The molecule has 166 valence electrons. The molecule has 0 aliphatic heterocycles. The molecular formula is C24H40O5. The molecule has 4 fully saturated rings. The van der Waals surface area contributed by atoms with E-state index in [1.54, 1.807) is 0 Å². The van der Waals surface area contributed by atoms with Gasteiger partial charge in [0.25, 0.3) is 0 Å². The van der Waals surface area contributed by atoms with E-state index >= 15 is 0 Å². The molecule has 5 nitrogen and oxygen atoms in total. The van der Waals surface area contributed by atoms with Crippen molar-refractivity contribution >= 4 is 5.97 Å². The van der Waals surface area contributed by atoms with E-state index in [9.17, 15) is 20.1 Å². The summed E-state index contributed by atoms with van der Waals surface area (Å²) in [6.45, 7) is 6.62. The molecule has 5 heteroatoms. The van der Waals surface area contributed by atoms with E-state index in [1.807, 2.05) is 6.92 Å². The van der Waals surface area contributed by atoms with Crippen molar-refractivity contribution in [3.05, 3.63) is 0 Å². The first-order valence-electron chi connectivity index (χ1n) is 11.8. The molecule has 4 N–H and O–H groups in total. The summed E-state index contributed by atoms with van der Waals surface area (Å²) in [6, 6.07) is 0. The minimum absolute atomic E-state index is 0.0564. The Labute approximate surface area is 174 Å². The van der Waals surface area contributed by atoms with Crippen LogP contribution in [0.15, 0.2) is 0 Å². The van der Waals surface area contributed by atoms with Gasteiger partial charge >= 0.3 is 5.97 Å². The molecule has 0 aromatic heterocycles. The van der Waals surface area contributed by atoms with E-state index in [2.05, 4.69) is 13.8 Å². The summed E-state index contributed by atoms with van der Waals surface area (Å²) in [4.78, 5) is 11.1. The summed E-state index contributed by atoms with van der Waals surface area (Å²) in [7, 11) is 0. The average molecular weight is 409 g/mol. The molecule has 0 unspecified atom stereocenters. The van der Waals surface area contributed by atoms with Gasteiger partial charge in [0.1, 0.15) is 0 Å². The first kappa shape index (κ1) is 21.6. The van der Waals surface area contributed by atoms with Gasteiger partial charge in [0.2, 0.25) is 0 Å². The summed E-state index contributed by atoms with van der Waals surface area (Å²) in [5.41, 5.74) is -0.928. The minimum atomic E-state index is -0.849. The number of aliphatic carboxylic acids is 1. The predicted octanol–water partition coefficient (Wildman–Crippen LogP) is 3.59. The molecular weight excluding hydrogens is 368 g/mol. The molecule has 0 saturated heterocycles. The van der Waals surface area contributed by atoms with Crippen LogP contribution >= 0.6 is 0 Å². The number of fused-ring (bicyclic) bond motifs is 5. The number of aliphatic hydroxyl groups is 3. The van der Waals surface area contributed by atoms with Gasteiger partial charge in [-0.15, -0.1) is 0 Å². The molecule has 0 amide bonds. The Kier molecular flexibility index (Phi) is 5.36. The van der Waals surface area contributed by atoms with Crippen molar-refractivity contribution in [1.82, 2.24) is 0 Å². The fraction of sp³-hybridized carbons (Fsp3) is 0.958. The third kappa shape index (κ3) is 3.10. The quantitative estimate of drug-likeness (QED) is 0.570. The van der Waals surface area contributed by atoms with Gasteiger partial charge in [0.05, 0.1) is 17.8 Å². The molecule has 0 bridgehead atoms. The number of rotatable bonds is 4. The van der Waals surface area contributed by atoms with Crippen LogP contribution in [0.1, 0.15) is 85.0 Å². The number of carboxylic acids is 1. The van der Waals surface area contributed by atoms with Gasteiger partial charge in [-0.2, -0.15) is 0 Å². The van der Waals surface area contributed by atoms with E-state index in [1.165, 1.54) is 0 Å². The van der Waals surface area contributed by atoms with E-state index in [0.29, 0.717) is 24.7 Å². The lowest BCUT2D eigenvalue weighted by Crippen LogP contribution is -2.61. The molecule has 0 aromatic rings. The van der Waals surface area contributed by atoms with Crippen LogP contribution in [0.25, 0.3) is 0 Å². The van der Waals surface area contributed by atoms with Crippen LogP contribution in [0.4, 0.5) is 0 Å². The molecule has 10 atom stereocenters. The van der Waals surface area contributed by atoms with Crippen molar-refractivity contribution < 1.29 is 25.2 Å². The molecule has 0 radical (unpaired) electrons. The SMILES string of the molecule is C[C@H](CCC(=O)O)[C@@]1(O)CC[C@H]2[C@@H]3[C@H](O)C[C@@H]4C[C@H](O)CC[C@]4(C)[C@H]3CC[C@@]21C. The molecule has 29 heavy (non-hydrogen) atoms. The third-order valence-corrected chi connectivity index (χ3v) is 10.5. The number of hydrogen-bond acceptors (Lipinski definition) is 4. The summed E-state index contributed by atoms with van der Waals surface area (Å²) >= 11 is 0. The Balaban J connectivity index is 1.60. The lowest BCUT2D eigenvalue weighted by molar-refractivity contribution is -0.201. The zero-order chi connectivity index (χ0) is 21.2. The molecule has 0 aromatic carbocycles. The van der Waals surface area contributed by atoms with Gasteiger partial charge in [-0.1, -0.05) is 20.8 Å². The minimum Gasteiger partial charge on any atom is -0.481 e. The molecule has 4 saturated carbocycles. The topological polar surface area (TPSA) is 98.0 Å². The maximum atomic E-state index is 11.8. The average Bonchev–Trinajstić information content (AvgIpc) is 2.93. The maximum Gasteiger partial charge on any atom is 0.303 e. The van der Waals surface area contributed by atoms with Crippen molar-refractivity contribution in [2.45, 2.75) is 103 Å². The lowest BCUT2D eigenvalue weighted by atomic mass is 9.43. The molecule has 4 rings (SSSR count). The molecule has 0 spiro atoms. The summed E-state index contributed by atoms with van der Waals surface area (Å²) in [5.74, 6) is 0.494. The van der Waals surface area contributed by atoms with Crippen LogP contribution in [-0.2, 0) is 4.79 Å². The van der Waals surface area contributed by atoms with Gasteiger partial charge in [0.15, 0.2) is 0 Å². The second-order valence-corrected chi connectivity index (χ2v) is 11.5. The number of carboxylic acid groups (broad SMARTS) is 1. The smallest absolute Gasteiger partial charge is 0.303 e. The summed E-state index contributed by atoms with van der Waals surface area (Å²) in [5, 5.41) is 42.4. The Morgan fingerprint density at radius 1 is 1.03 bits per heavy atom. The third-order valence-electron chi connectivity index (χ3n) is 10.5. The Bertz CT molecular complexity index is 651. The Morgan fingerprint density at radius 3 is 2.41 bits per heavy atom. The van der Waals surface area contributed by atoms with Crippen LogP contribution in [0.2, 0.25) is 0 Å². The standard InChI is InChI=1S/C24H40O5/c1-14(4-5-20(27)28)24(29)11-8-18-21-17(7-10-23(18,24)3)22(2)9-6-16(25)12-15(22)13-19(21)26/h14-19,21,25-26,29H,4-13H2,1-3H3,(H,27,28)/t14-,15+,16-,17+,18+,19-,21-,22+,23+,24+/m1/s1. The van der Waals surface area contributed by atoms with Crippen LogP contribution in [0.3, 0.4) is 0 Å². The number of carbonyl (C=O) groups is 1. The normalized spacial score (nSPS) is 52.9. The zero-order valence-corrected chi connectivity index (χ0v) is 18.3. The fourth-order valence-corrected chi connectivity index (χ4v) is 8.64. The van der Waals surface area contributed by atoms with Gasteiger partial charge in [0, 0.05) is 6.42 Å². The van der Waals surface area contributed by atoms with E-state index in [0.717, 1.165) is 44.9 Å². The van der Waals surface area contributed by atoms with E-state index in [4.69, 9.17) is 5.11 Å². The highest BCUT2D eigenvalue weighted by Gasteiger charge is 2.67. The Hall–Kier alpha value is -0.650. The van der Waals surface area contributed by atoms with Crippen molar-refractivity contribution in [3.63, 3.8) is 0 Å². The van der Waals surface area contributed by atoms with E-state index in [-0.39, 0.29) is 47.2 Å². The molecule has 4 aliphatic carbocycles. The van der Waals surface area contributed by atoms with Gasteiger partial charge < -0.3 is 20.4 Å². The van der Waals surface area contributed by atoms with Crippen molar-refractivity contribution in [3.8, 4) is 0 Å². The first-order valence-corrected chi connectivity index (χ1v) is 11.8. The van der Waals surface area contributed by atoms with Crippen LogP contribution in [0.5, 0.6) is 0 Å². The highest BCUT2D eigenvalue weighted by molar-refractivity contribution is 5.66. The fourth-order valence-electron chi connectivity index (χ4n) is 8.64. The van der Waals surface area contributed by atoms with Crippen LogP contribution < -0.4 is 0 Å².